The Bertz CT molecular complexity index is 876. The molecule has 0 aromatic heterocycles. The minimum atomic E-state index is -0.228. The average molecular weight is 362 g/mol. The van der Waals surface area contributed by atoms with E-state index in [9.17, 15) is 4.39 Å². The van der Waals surface area contributed by atoms with E-state index in [1.54, 1.807) is 18.2 Å². The van der Waals surface area contributed by atoms with Crippen molar-refractivity contribution in [3.63, 3.8) is 0 Å². The van der Waals surface area contributed by atoms with Gasteiger partial charge in [-0.1, -0.05) is 66.7 Å². The van der Waals surface area contributed by atoms with Crippen LogP contribution in [-0.2, 0) is 4.84 Å². The molecule has 3 aromatic carbocycles. The number of hydrogen-bond acceptors (Lipinski definition) is 3. The molecular formula is C23H21FNO2. The fraction of sp³-hybridized carbons (Fsp3) is 0.174. The van der Waals surface area contributed by atoms with Crippen LogP contribution in [0, 0.1) is 11.9 Å². The van der Waals surface area contributed by atoms with Crippen molar-refractivity contribution < 1.29 is 14.0 Å². The van der Waals surface area contributed by atoms with Crippen molar-refractivity contribution >= 4 is 5.71 Å². The van der Waals surface area contributed by atoms with Gasteiger partial charge in [-0.3, -0.25) is 0 Å². The minimum absolute atomic E-state index is 0.228. The summed E-state index contributed by atoms with van der Waals surface area (Å²) in [5, 5.41) is 4.22. The zero-order valence-corrected chi connectivity index (χ0v) is 15.2. The summed E-state index contributed by atoms with van der Waals surface area (Å²) in [6.45, 7) is 2.78. The highest BCUT2D eigenvalue weighted by atomic mass is 19.1. The van der Waals surface area contributed by atoms with Gasteiger partial charge in [0, 0.05) is 5.56 Å². The molecule has 0 aliphatic carbocycles. The fourth-order valence-corrected chi connectivity index (χ4v) is 2.65. The first kappa shape index (κ1) is 18.6. The van der Waals surface area contributed by atoms with Gasteiger partial charge in [-0.05, 0) is 41.8 Å². The molecule has 0 bridgehead atoms. The smallest absolute Gasteiger partial charge is 0.151 e. The largest absolute Gasteiger partial charge is 0.490 e. The van der Waals surface area contributed by atoms with Crippen LogP contribution in [0.15, 0.2) is 78.0 Å². The van der Waals surface area contributed by atoms with Gasteiger partial charge in [0.1, 0.15) is 18.2 Å². The number of rotatable bonds is 8. The summed E-state index contributed by atoms with van der Waals surface area (Å²) in [5.74, 6) is 0.526. The lowest BCUT2D eigenvalue weighted by Crippen LogP contribution is -2.06. The van der Waals surface area contributed by atoms with E-state index in [-0.39, 0.29) is 5.82 Å². The molecule has 1 radical (unpaired) electrons. The highest BCUT2D eigenvalue weighted by molar-refractivity contribution is 6.00. The van der Waals surface area contributed by atoms with Crippen LogP contribution in [0.2, 0.25) is 0 Å². The van der Waals surface area contributed by atoms with Crippen molar-refractivity contribution in [1.82, 2.24) is 0 Å². The van der Waals surface area contributed by atoms with E-state index in [2.05, 4.69) is 11.2 Å². The summed E-state index contributed by atoms with van der Waals surface area (Å²) >= 11 is 0. The number of halogens is 1. The molecule has 0 aliphatic heterocycles. The fourth-order valence-electron chi connectivity index (χ4n) is 2.65. The molecule has 0 spiro atoms. The first-order valence-corrected chi connectivity index (χ1v) is 8.91. The highest BCUT2D eigenvalue weighted by Gasteiger charge is 2.06. The van der Waals surface area contributed by atoms with Gasteiger partial charge in [-0.15, -0.1) is 0 Å². The Kier molecular flexibility index (Phi) is 6.58. The third kappa shape index (κ3) is 5.17. The van der Waals surface area contributed by atoms with Crippen LogP contribution in [0.1, 0.15) is 18.9 Å². The first-order valence-electron chi connectivity index (χ1n) is 8.91. The van der Waals surface area contributed by atoms with Crippen LogP contribution >= 0.6 is 0 Å². The van der Waals surface area contributed by atoms with Crippen molar-refractivity contribution in [3.05, 3.63) is 90.2 Å². The number of ether oxygens (including phenoxy) is 1. The van der Waals surface area contributed by atoms with Gasteiger partial charge in [-0.25, -0.2) is 4.39 Å². The molecule has 0 saturated carbocycles. The molecule has 0 amide bonds. The maximum atomic E-state index is 13.9. The van der Waals surface area contributed by atoms with Crippen LogP contribution in [-0.4, -0.2) is 18.9 Å². The molecule has 0 saturated heterocycles. The van der Waals surface area contributed by atoms with Crippen LogP contribution < -0.4 is 4.74 Å². The van der Waals surface area contributed by atoms with Gasteiger partial charge in [0.2, 0.25) is 0 Å². The molecule has 0 atom stereocenters. The average Bonchev–Trinajstić information content (AvgIpc) is 2.72. The standard InChI is InChI=1S/C23H21FNO2/c1-2-23(25-27-17-16-26-20-8-4-3-5-9-20)19-14-12-18(13-15-19)21-10-6-7-11-22(21)24/h3-4,6-15H,2,16-17H2,1H3/b25-23+. The van der Waals surface area contributed by atoms with E-state index in [1.165, 1.54) is 6.07 Å². The SMILES string of the molecule is CC/C(=N\OCCOc1c[c]ccc1)c1ccc(-c2ccccc2F)cc1. The zero-order valence-electron chi connectivity index (χ0n) is 15.2. The minimum Gasteiger partial charge on any atom is -0.490 e. The summed E-state index contributed by atoms with van der Waals surface area (Å²) in [7, 11) is 0. The molecule has 0 heterocycles. The van der Waals surface area contributed by atoms with E-state index in [0.717, 1.165) is 29.0 Å². The lowest BCUT2D eigenvalue weighted by Gasteiger charge is -2.08. The summed E-state index contributed by atoms with van der Waals surface area (Å²) in [4.78, 5) is 5.39. The molecule has 27 heavy (non-hydrogen) atoms. The lowest BCUT2D eigenvalue weighted by molar-refractivity contribution is 0.107. The molecule has 3 aromatic rings. The van der Waals surface area contributed by atoms with Gasteiger partial charge in [0.25, 0.3) is 0 Å². The van der Waals surface area contributed by atoms with Crippen LogP contribution in [0.4, 0.5) is 4.39 Å². The van der Waals surface area contributed by atoms with Gasteiger partial charge < -0.3 is 9.57 Å². The molecular weight excluding hydrogens is 341 g/mol. The van der Waals surface area contributed by atoms with E-state index in [1.807, 2.05) is 55.5 Å². The predicted octanol–water partition coefficient (Wildman–Crippen LogP) is 5.50. The highest BCUT2D eigenvalue weighted by Crippen LogP contribution is 2.23. The van der Waals surface area contributed by atoms with Crippen molar-refractivity contribution in [1.29, 1.82) is 0 Å². The second-order valence-electron chi connectivity index (χ2n) is 5.87. The Morgan fingerprint density at radius 1 is 1.00 bits per heavy atom. The second-order valence-corrected chi connectivity index (χ2v) is 5.87. The number of oxime groups is 1. The molecule has 0 unspecified atom stereocenters. The van der Waals surface area contributed by atoms with E-state index < -0.39 is 0 Å². The van der Waals surface area contributed by atoms with Gasteiger partial charge in [-0.2, -0.15) is 0 Å². The summed E-state index contributed by atoms with van der Waals surface area (Å²) in [5.41, 5.74) is 3.21. The molecule has 0 fully saturated rings. The monoisotopic (exact) mass is 362 g/mol. The Labute approximate surface area is 159 Å². The molecule has 0 N–H and O–H groups in total. The van der Waals surface area contributed by atoms with Crippen LogP contribution in [0.25, 0.3) is 11.1 Å². The quantitative estimate of drug-likeness (QED) is 0.301. The summed E-state index contributed by atoms with van der Waals surface area (Å²) in [6.07, 6.45) is 0.730. The second kappa shape index (κ2) is 9.53. The number of nitrogens with zero attached hydrogens (tertiary/aromatic N) is 1. The Morgan fingerprint density at radius 2 is 1.81 bits per heavy atom. The Balaban J connectivity index is 1.58. The predicted molar refractivity (Wildman–Crippen MR) is 105 cm³/mol. The van der Waals surface area contributed by atoms with E-state index in [0.29, 0.717) is 18.8 Å². The van der Waals surface area contributed by atoms with Crippen molar-refractivity contribution in [2.45, 2.75) is 13.3 Å². The molecule has 3 rings (SSSR count). The van der Waals surface area contributed by atoms with Crippen LogP contribution in [0.5, 0.6) is 5.75 Å². The van der Waals surface area contributed by atoms with E-state index >= 15 is 0 Å². The number of benzene rings is 3. The summed E-state index contributed by atoms with van der Waals surface area (Å²) in [6, 6.07) is 24.7. The van der Waals surface area contributed by atoms with Crippen molar-refractivity contribution in [2.75, 3.05) is 13.2 Å². The molecule has 0 aliphatic rings. The van der Waals surface area contributed by atoms with Crippen molar-refractivity contribution in [3.8, 4) is 16.9 Å². The third-order valence-electron chi connectivity index (χ3n) is 4.03. The summed E-state index contributed by atoms with van der Waals surface area (Å²) < 4.78 is 19.4. The normalized spacial score (nSPS) is 11.3. The van der Waals surface area contributed by atoms with Gasteiger partial charge >= 0.3 is 0 Å². The van der Waals surface area contributed by atoms with E-state index in [4.69, 9.17) is 9.57 Å². The third-order valence-corrected chi connectivity index (χ3v) is 4.03. The Hall–Kier alpha value is -3.14. The van der Waals surface area contributed by atoms with Crippen LogP contribution in [0.3, 0.4) is 0 Å². The lowest BCUT2D eigenvalue weighted by atomic mass is 10.0. The number of hydrogen-bond donors (Lipinski definition) is 0. The Morgan fingerprint density at radius 3 is 2.52 bits per heavy atom. The topological polar surface area (TPSA) is 30.8 Å². The maximum absolute atomic E-state index is 13.9. The maximum Gasteiger partial charge on any atom is 0.151 e. The molecule has 3 nitrogen and oxygen atoms in total. The van der Waals surface area contributed by atoms with Gasteiger partial charge in [0.05, 0.1) is 5.71 Å². The zero-order chi connectivity index (χ0) is 18.9. The van der Waals surface area contributed by atoms with Gasteiger partial charge in [0.15, 0.2) is 6.61 Å². The molecule has 137 valence electrons. The first-order chi connectivity index (χ1) is 13.3. The van der Waals surface area contributed by atoms with Crippen molar-refractivity contribution in [2.24, 2.45) is 5.16 Å². The molecule has 4 heteroatoms.